The minimum absolute atomic E-state index is 0.149. The zero-order chi connectivity index (χ0) is 22.5. The van der Waals surface area contributed by atoms with Gasteiger partial charge in [-0.25, -0.2) is 8.42 Å². The Morgan fingerprint density at radius 1 is 1.03 bits per heavy atom. The average molecular weight is 437 g/mol. The van der Waals surface area contributed by atoms with Gasteiger partial charge in [0.05, 0.1) is 44.9 Å². The quantitative estimate of drug-likeness (QED) is 0.649. The normalized spacial score (nSPS) is 12.1. The smallest absolute Gasteiger partial charge is 0.254 e. The van der Waals surface area contributed by atoms with Gasteiger partial charge in [-0.1, -0.05) is 18.2 Å². The van der Waals surface area contributed by atoms with Crippen molar-refractivity contribution < 1.29 is 27.4 Å². The fourth-order valence-electron chi connectivity index (χ4n) is 3.22. The molecule has 1 N–H and O–H groups in total. The predicted molar refractivity (Wildman–Crippen MR) is 116 cm³/mol. The molecule has 0 aliphatic carbocycles. The van der Waals surface area contributed by atoms with Crippen LogP contribution in [0.4, 0.5) is 5.69 Å². The first-order valence-corrected chi connectivity index (χ1v) is 11.2. The largest absolute Gasteiger partial charge is 0.496 e. The molecule has 2 aromatic carbocycles. The summed E-state index contributed by atoms with van der Waals surface area (Å²) in [6.45, 7) is 3.66. The van der Waals surface area contributed by atoms with E-state index in [4.69, 9.17) is 14.2 Å². The van der Waals surface area contributed by atoms with E-state index in [0.717, 1.165) is 16.1 Å². The van der Waals surface area contributed by atoms with Crippen LogP contribution in [0.15, 0.2) is 36.4 Å². The van der Waals surface area contributed by atoms with Gasteiger partial charge in [-0.05, 0) is 26.0 Å². The number of ether oxygens (including phenoxy) is 3. The Labute approximate surface area is 177 Å². The summed E-state index contributed by atoms with van der Waals surface area (Å²) in [5.74, 6) is 0.834. The van der Waals surface area contributed by atoms with Gasteiger partial charge in [-0.2, -0.15) is 0 Å². The molecule has 2 aromatic rings. The molecule has 8 nitrogen and oxygen atoms in total. The lowest BCUT2D eigenvalue weighted by Gasteiger charge is -2.25. The highest BCUT2D eigenvalue weighted by atomic mass is 32.2. The molecule has 0 spiro atoms. The second kappa shape index (κ2) is 9.71. The van der Waals surface area contributed by atoms with E-state index in [2.05, 4.69) is 5.32 Å². The summed E-state index contributed by atoms with van der Waals surface area (Å²) < 4.78 is 41.8. The summed E-state index contributed by atoms with van der Waals surface area (Å²) in [5, 5.41) is 2.91. The molecule has 0 aromatic heterocycles. The zero-order valence-electron chi connectivity index (χ0n) is 18.1. The topological polar surface area (TPSA) is 94.2 Å². The maximum absolute atomic E-state index is 13.2. The van der Waals surface area contributed by atoms with Crippen molar-refractivity contribution in [3.8, 4) is 17.2 Å². The average Bonchev–Trinajstić information content (AvgIpc) is 2.72. The van der Waals surface area contributed by atoms with Crippen LogP contribution in [0.3, 0.4) is 0 Å². The van der Waals surface area contributed by atoms with Crippen LogP contribution in [-0.2, 0) is 10.0 Å². The maximum Gasteiger partial charge on any atom is 0.254 e. The first-order valence-electron chi connectivity index (χ1n) is 9.35. The molecule has 1 atom stereocenters. The minimum Gasteiger partial charge on any atom is -0.496 e. The van der Waals surface area contributed by atoms with Gasteiger partial charge in [0.25, 0.3) is 5.91 Å². The van der Waals surface area contributed by atoms with Gasteiger partial charge in [0.2, 0.25) is 10.0 Å². The zero-order valence-corrected chi connectivity index (χ0v) is 18.9. The molecule has 0 heterocycles. The van der Waals surface area contributed by atoms with Crippen LogP contribution in [0.1, 0.15) is 35.8 Å². The van der Waals surface area contributed by atoms with E-state index in [1.54, 1.807) is 14.0 Å². The Kier molecular flexibility index (Phi) is 7.55. The van der Waals surface area contributed by atoms with E-state index in [-0.39, 0.29) is 23.8 Å². The van der Waals surface area contributed by atoms with E-state index in [1.807, 2.05) is 31.2 Å². The Balaban J connectivity index is 2.53. The summed E-state index contributed by atoms with van der Waals surface area (Å²) in [6, 6.07) is 9.94. The second-order valence-electron chi connectivity index (χ2n) is 6.59. The standard InChI is InChI=1S/C21H28N2O6S/c1-7-23(30(6,25)26)17-13-20(29-5)19(28-4)12-16(17)21(24)22-14(2)15-10-8-9-11-18(15)27-3/h8-14H,7H2,1-6H3,(H,22,24)/t14-/m1/s1. The molecule has 0 aliphatic rings. The molecule has 0 radical (unpaired) electrons. The van der Waals surface area contributed by atoms with E-state index in [1.165, 1.54) is 26.4 Å². The molecule has 9 heteroatoms. The number of hydrogen-bond donors (Lipinski definition) is 1. The molecule has 0 saturated carbocycles. The lowest BCUT2D eigenvalue weighted by Crippen LogP contribution is -2.33. The number of carbonyl (C=O) groups is 1. The van der Waals surface area contributed by atoms with E-state index in [9.17, 15) is 13.2 Å². The number of rotatable bonds is 9. The number of para-hydroxylation sites is 1. The number of benzene rings is 2. The fourth-order valence-corrected chi connectivity index (χ4v) is 4.19. The maximum atomic E-state index is 13.2. The summed E-state index contributed by atoms with van der Waals surface area (Å²) in [4.78, 5) is 13.2. The highest BCUT2D eigenvalue weighted by Crippen LogP contribution is 2.36. The van der Waals surface area contributed by atoms with E-state index < -0.39 is 15.9 Å². The van der Waals surface area contributed by atoms with Crippen molar-refractivity contribution in [3.63, 3.8) is 0 Å². The van der Waals surface area contributed by atoms with Crippen LogP contribution in [0.2, 0.25) is 0 Å². The van der Waals surface area contributed by atoms with Gasteiger partial charge in [-0.15, -0.1) is 0 Å². The summed E-state index contributed by atoms with van der Waals surface area (Å²) in [5.41, 5.74) is 1.16. The van der Waals surface area contributed by atoms with Crippen molar-refractivity contribution in [3.05, 3.63) is 47.5 Å². The van der Waals surface area contributed by atoms with Gasteiger partial charge in [0.15, 0.2) is 11.5 Å². The SMILES string of the molecule is CCN(c1cc(OC)c(OC)cc1C(=O)N[C@H](C)c1ccccc1OC)S(C)(=O)=O. The van der Waals surface area contributed by atoms with Crippen molar-refractivity contribution in [2.24, 2.45) is 0 Å². The Morgan fingerprint density at radius 2 is 1.60 bits per heavy atom. The number of methoxy groups -OCH3 is 3. The molecule has 1 amide bonds. The lowest BCUT2D eigenvalue weighted by atomic mass is 10.1. The van der Waals surface area contributed by atoms with Crippen molar-refractivity contribution >= 4 is 21.6 Å². The van der Waals surface area contributed by atoms with Crippen molar-refractivity contribution in [2.75, 3.05) is 38.4 Å². The minimum atomic E-state index is -3.62. The number of sulfonamides is 1. The lowest BCUT2D eigenvalue weighted by molar-refractivity contribution is 0.0940. The molecule has 0 aliphatic heterocycles. The van der Waals surface area contributed by atoms with Crippen LogP contribution in [-0.4, -0.2) is 48.5 Å². The van der Waals surface area contributed by atoms with Gasteiger partial charge < -0.3 is 19.5 Å². The Morgan fingerprint density at radius 3 is 2.13 bits per heavy atom. The molecular weight excluding hydrogens is 408 g/mol. The molecule has 0 fully saturated rings. The Hall–Kier alpha value is -2.94. The Bertz CT molecular complexity index is 1010. The monoisotopic (exact) mass is 436 g/mol. The van der Waals surface area contributed by atoms with Gasteiger partial charge in [-0.3, -0.25) is 9.10 Å². The highest BCUT2D eigenvalue weighted by Gasteiger charge is 2.26. The van der Waals surface area contributed by atoms with Crippen LogP contribution in [0.25, 0.3) is 0 Å². The van der Waals surface area contributed by atoms with Gasteiger partial charge in [0.1, 0.15) is 5.75 Å². The van der Waals surface area contributed by atoms with E-state index >= 15 is 0 Å². The third kappa shape index (κ3) is 4.96. The number of carbonyl (C=O) groups excluding carboxylic acids is 1. The number of amides is 1. The van der Waals surface area contributed by atoms with E-state index in [0.29, 0.717) is 17.2 Å². The third-order valence-corrected chi connectivity index (χ3v) is 5.91. The summed E-state index contributed by atoms with van der Waals surface area (Å²) in [6.07, 6.45) is 1.09. The van der Waals surface area contributed by atoms with Crippen LogP contribution < -0.4 is 23.8 Å². The second-order valence-corrected chi connectivity index (χ2v) is 8.50. The number of anilines is 1. The molecule has 30 heavy (non-hydrogen) atoms. The van der Waals surface area contributed by atoms with Crippen molar-refractivity contribution in [1.29, 1.82) is 0 Å². The molecular formula is C21H28N2O6S. The molecule has 164 valence electrons. The van der Waals surface area contributed by atoms with Crippen LogP contribution >= 0.6 is 0 Å². The number of nitrogens with one attached hydrogen (secondary N) is 1. The first kappa shape index (κ1) is 23.3. The van der Waals surface area contributed by atoms with Crippen molar-refractivity contribution in [1.82, 2.24) is 5.32 Å². The van der Waals surface area contributed by atoms with Crippen LogP contribution in [0, 0.1) is 0 Å². The van der Waals surface area contributed by atoms with Gasteiger partial charge >= 0.3 is 0 Å². The number of nitrogens with zero attached hydrogens (tertiary/aromatic N) is 1. The van der Waals surface area contributed by atoms with Crippen molar-refractivity contribution in [2.45, 2.75) is 19.9 Å². The molecule has 0 bridgehead atoms. The molecule has 0 saturated heterocycles. The molecule has 0 unspecified atom stereocenters. The fraction of sp³-hybridized carbons (Fsp3) is 0.381. The summed E-state index contributed by atoms with van der Waals surface area (Å²) in [7, 11) is 0.833. The van der Waals surface area contributed by atoms with Crippen LogP contribution in [0.5, 0.6) is 17.2 Å². The predicted octanol–water partition coefficient (Wildman–Crippen LogP) is 2.99. The third-order valence-electron chi connectivity index (χ3n) is 4.66. The first-order chi connectivity index (χ1) is 14.2. The summed E-state index contributed by atoms with van der Waals surface area (Å²) >= 11 is 0. The number of hydrogen-bond acceptors (Lipinski definition) is 6. The molecule has 2 rings (SSSR count). The van der Waals surface area contributed by atoms with Gasteiger partial charge in [0, 0.05) is 18.2 Å². The highest BCUT2D eigenvalue weighted by molar-refractivity contribution is 7.92.